The summed E-state index contributed by atoms with van der Waals surface area (Å²) in [6.45, 7) is 1.89. The van der Waals surface area contributed by atoms with E-state index in [2.05, 4.69) is 17.0 Å². The van der Waals surface area contributed by atoms with E-state index in [9.17, 15) is 4.79 Å². The van der Waals surface area contributed by atoms with Gasteiger partial charge in [-0.3, -0.25) is 4.79 Å². The minimum Gasteiger partial charge on any atom is -0.342 e. The van der Waals surface area contributed by atoms with Gasteiger partial charge < -0.3 is 4.90 Å². The molecule has 3 fully saturated rings. The molecule has 0 unspecified atom stereocenters. The SMILES string of the molecule is O=C(CSc1nc(C2CC2)n(-c2ccccc2)n1)N1CC[C@H]2CCCC[C@@H]2C1. The van der Waals surface area contributed by atoms with Crippen molar-refractivity contribution in [2.24, 2.45) is 11.8 Å². The van der Waals surface area contributed by atoms with Crippen LogP contribution in [0.4, 0.5) is 0 Å². The predicted octanol–water partition coefficient (Wildman–Crippen LogP) is 4.28. The second-order valence-corrected chi connectivity index (χ2v) is 9.44. The summed E-state index contributed by atoms with van der Waals surface area (Å²) >= 11 is 1.49. The molecule has 1 aliphatic heterocycles. The van der Waals surface area contributed by atoms with Crippen molar-refractivity contribution in [3.63, 3.8) is 0 Å². The molecule has 2 heterocycles. The molecule has 2 saturated carbocycles. The molecule has 1 amide bonds. The Balaban J connectivity index is 1.24. The van der Waals surface area contributed by atoms with Gasteiger partial charge in [-0.15, -0.1) is 5.10 Å². The summed E-state index contributed by atoms with van der Waals surface area (Å²) in [5.41, 5.74) is 1.05. The highest BCUT2D eigenvalue weighted by Gasteiger charge is 2.33. The number of likely N-dealkylation sites (tertiary alicyclic amines) is 1. The smallest absolute Gasteiger partial charge is 0.233 e. The van der Waals surface area contributed by atoms with Gasteiger partial charge in [0.1, 0.15) is 5.82 Å². The van der Waals surface area contributed by atoms with E-state index in [-0.39, 0.29) is 5.91 Å². The number of rotatable bonds is 5. The summed E-state index contributed by atoms with van der Waals surface area (Å²) in [6, 6.07) is 10.2. The Morgan fingerprint density at radius 3 is 2.61 bits per heavy atom. The molecular formula is C22H28N4OS. The van der Waals surface area contributed by atoms with E-state index < -0.39 is 0 Å². The van der Waals surface area contributed by atoms with Crippen LogP contribution in [0.25, 0.3) is 5.69 Å². The Morgan fingerprint density at radius 1 is 1.04 bits per heavy atom. The average Bonchev–Trinajstić information content (AvgIpc) is 3.51. The van der Waals surface area contributed by atoms with Crippen LogP contribution in [0.2, 0.25) is 0 Å². The van der Waals surface area contributed by atoms with Crippen molar-refractivity contribution in [2.45, 2.75) is 56.0 Å². The number of nitrogens with zero attached hydrogens (tertiary/aromatic N) is 4. The van der Waals surface area contributed by atoms with Gasteiger partial charge in [-0.25, -0.2) is 9.67 Å². The van der Waals surface area contributed by atoms with Crippen molar-refractivity contribution in [3.8, 4) is 5.69 Å². The number of aromatic nitrogens is 3. The predicted molar refractivity (Wildman–Crippen MR) is 111 cm³/mol. The molecule has 2 aromatic rings. The lowest BCUT2D eigenvalue weighted by atomic mass is 9.75. The number of thioether (sulfide) groups is 1. The van der Waals surface area contributed by atoms with E-state index in [0.29, 0.717) is 11.7 Å². The maximum Gasteiger partial charge on any atom is 0.233 e. The molecule has 3 aliphatic rings. The molecule has 1 aromatic heterocycles. The van der Waals surface area contributed by atoms with Crippen LogP contribution in [-0.4, -0.2) is 44.4 Å². The minimum absolute atomic E-state index is 0.248. The van der Waals surface area contributed by atoms with Gasteiger partial charge >= 0.3 is 0 Å². The van der Waals surface area contributed by atoms with E-state index in [1.165, 1.54) is 56.7 Å². The van der Waals surface area contributed by atoms with Gasteiger partial charge in [0, 0.05) is 19.0 Å². The second kappa shape index (κ2) is 7.90. The number of benzene rings is 1. The van der Waals surface area contributed by atoms with Gasteiger partial charge in [-0.05, 0) is 49.7 Å². The van der Waals surface area contributed by atoms with E-state index in [1.807, 2.05) is 22.9 Å². The van der Waals surface area contributed by atoms with Gasteiger partial charge in [-0.2, -0.15) is 0 Å². The number of piperidine rings is 1. The number of para-hydroxylation sites is 1. The van der Waals surface area contributed by atoms with Crippen LogP contribution in [-0.2, 0) is 4.79 Å². The summed E-state index contributed by atoms with van der Waals surface area (Å²) < 4.78 is 1.97. The maximum atomic E-state index is 12.8. The van der Waals surface area contributed by atoms with Crippen LogP contribution in [0, 0.1) is 11.8 Å². The third-order valence-electron chi connectivity index (χ3n) is 6.52. The number of carbonyl (C=O) groups is 1. The highest BCUT2D eigenvalue weighted by molar-refractivity contribution is 7.99. The first-order valence-electron chi connectivity index (χ1n) is 10.7. The molecule has 5 nitrogen and oxygen atoms in total. The van der Waals surface area contributed by atoms with E-state index >= 15 is 0 Å². The van der Waals surface area contributed by atoms with Crippen LogP contribution in [0.3, 0.4) is 0 Å². The topological polar surface area (TPSA) is 51.0 Å². The van der Waals surface area contributed by atoms with Crippen molar-refractivity contribution in [3.05, 3.63) is 36.2 Å². The zero-order valence-corrected chi connectivity index (χ0v) is 17.1. The highest BCUT2D eigenvalue weighted by atomic mass is 32.2. The van der Waals surface area contributed by atoms with Crippen LogP contribution in [0.5, 0.6) is 0 Å². The Labute approximate surface area is 170 Å². The summed E-state index contributed by atoms with van der Waals surface area (Å²) in [5.74, 6) is 3.84. The zero-order valence-electron chi connectivity index (χ0n) is 16.3. The van der Waals surface area contributed by atoms with Crippen molar-refractivity contribution >= 4 is 17.7 Å². The van der Waals surface area contributed by atoms with Crippen molar-refractivity contribution in [1.82, 2.24) is 19.7 Å². The summed E-state index contributed by atoms with van der Waals surface area (Å²) in [5, 5.41) is 5.45. The molecule has 0 spiro atoms. The quantitative estimate of drug-likeness (QED) is 0.708. The lowest BCUT2D eigenvalue weighted by Gasteiger charge is -2.41. The van der Waals surface area contributed by atoms with Crippen LogP contribution in [0.1, 0.15) is 56.7 Å². The molecule has 148 valence electrons. The lowest BCUT2D eigenvalue weighted by molar-refractivity contribution is -0.131. The first kappa shape index (κ1) is 18.2. The molecule has 5 rings (SSSR count). The molecule has 0 N–H and O–H groups in total. The summed E-state index contributed by atoms with van der Waals surface area (Å²) in [7, 11) is 0. The fraction of sp³-hybridized carbons (Fsp3) is 0.591. The summed E-state index contributed by atoms with van der Waals surface area (Å²) in [6.07, 6.45) is 8.94. The van der Waals surface area contributed by atoms with E-state index in [4.69, 9.17) is 10.1 Å². The molecule has 1 saturated heterocycles. The molecule has 2 aliphatic carbocycles. The van der Waals surface area contributed by atoms with Gasteiger partial charge in [0.25, 0.3) is 0 Å². The number of carbonyl (C=O) groups excluding carboxylic acids is 1. The van der Waals surface area contributed by atoms with E-state index in [0.717, 1.165) is 41.6 Å². The number of amides is 1. The Kier molecular flexibility index (Phi) is 5.14. The molecule has 6 heteroatoms. The van der Waals surface area contributed by atoms with E-state index in [1.54, 1.807) is 0 Å². The maximum absolute atomic E-state index is 12.8. The van der Waals surface area contributed by atoms with Gasteiger partial charge in [0.15, 0.2) is 0 Å². The average molecular weight is 397 g/mol. The van der Waals surface area contributed by atoms with Gasteiger partial charge in [0.05, 0.1) is 11.4 Å². The number of fused-ring (bicyclic) bond motifs is 1. The Bertz CT molecular complexity index is 832. The highest BCUT2D eigenvalue weighted by Crippen LogP contribution is 2.40. The van der Waals surface area contributed by atoms with Crippen molar-refractivity contribution < 1.29 is 4.79 Å². The Hall–Kier alpha value is -1.82. The lowest BCUT2D eigenvalue weighted by Crippen LogP contribution is -2.45. The zero-order chi connectivity index (χ0) is 18.9. The molecule has 0 radical (unpaired) electrons. The first-order valence-corrected chi connectivity index (χ1v) is 11.7. The standard InChI is InChI=1S/C22H28N4OS/c27-20(25-13-12-16-6-4-5-7-18(16)14-25)15-28-22-23-21(17-10-11-17)26(24-22)19-8-2-1-3-9-19/h1-3,8-9,16-18H,4-7,10-15H2/t16-,18-/m1/s1. The normalized spacial score (nSPS) is 24.8. The Morgan fingerprint density at radius 2 is 1.82 bits per heavy atom. The second-order valence-electron chi connectivity index (χ2n) is 8.50. The fourth-order valence-electron chi connectivity index (χ4n) is 4.78. The molecule has 28 heavy (non-hydrogen) atoms. The molecule has 0 bridgehead atoms. The number of hydrogen-bond acceptors (Lipinski definition) is 4. The third-order valence-corrected chi connectivity index (χ3v) is 7.35. The molecule has 1 aromatic carbocycles. The van der Waals surface area contributed by atoms with Crippen LogP contribution >= 0.6 is 11.8 Å². The monoisotopic (exact) mass is 396 g/mol. The third kappa shape index (κ3) is 3.84. The van der Waals surface area contributed by atoms with Gasteiger partial charge in [-0.1, -0.05) is 49.2 Å². The number of hydrogen-bond donors (Lipinski definition) is 0. The minimum atomic E-state index is 0.248. The van der Waals surface area contributed by atoms with Crippen molar-refractivity contribution in [2.75, 3.05) is 18.8 Å². The van der Waals surface area contributed by atoms with Gasteiger partial charge in [0.2, 0.25) is 11.1 Å². The fourth-order valence-corrected chi connectivity index (χ4v) is 5.51. The first-order chi connectivity index (χ1) is 13.8. The van der Waals surface area contributed by atoms with Crippen LogP contribution < -0.4 is 0 Å². The molecule has 2 atom stereocenters. The van der Waals surface area contributed by atoms with Crippen molar-refractivity contribution in [1.29, 1.82) is 0 Å². The molecular weight excluding hydrogens is 368 g/mol. The summed E-state index contributed by atoms with van der Waals surface area (Å²) in [4.78, 5) is 19.7. The largest absolute Gasteiger partial charge is 0.342 e. The van der Waals surface area contributed by atoms with Crippen LogP contribution in [0.15, 0.2) is 35.5 Å².